The number of nitrogens with one attached hydrogen (secondary N) is 1. The van der Waals surface area contributed by atoms with Crippen molar-refractivity contribution in [2.75, 3.05) is 7.05 Å². The van der Waals surface area contributed by atoms with Crippen molar-refractivity contribution in [3.63, 3.8) is 0 Å². The highest BCUT2D eigenvalue weighted by molar-refractivity contribution is 5.55. The molecule has 1 aromatic heterocycles. The summed E-state index contributed by atoms with van der Waals surface area (Å²) in [5.41, 5.74) is 2.23. The molecule has 0 bridgehead atoms. The van der Waals surface area contributed by atoms with Crippen LogP contribution in [0.4, 0.5) is 0 Å². The van der Waals surface area contributed by atoms with E-state index in [1.165, 1.54) is 31.2 Å². The molecule has 0 amide bonds. The summed E-state index contributed by atoms with van der Waals surface area (Å²) in [4.78, 5) is 4.56. The Hall–Kier alpha value is -1.68. The van der Waals surface area contributed by atoms with Crippen LogP contribution in [0.5, 0.6) is 0 Å². The van der Waals surface area contributed by atoms with E-state index >= 15 is 0 Å². The predicted octanol–water partition coefficient (Wildman–Crippen LogP) is 3.37. The topological polar surface area (TPSA) is 51.0 Å². The summed E-state index contributed by atoms with van der Waals surface area (Å²) in [5.74, 6) is 2.16. The van der Waals surface area contributed by atoms with E-state index in [-0.39, 0.29) is 0 Å². The van der Waals surface area contributed by atoms with Gasteiger partial charge in [-0.25, -0.2) is 0 Å². The smallest absolute Gasteiger partial charge is 0.228 e. The number of aryl methyl sites for hydroxylation is 1. The third kappa shape index (κ3) is 3.32. The Morgan fingerprint density at radius 1 is 1.33 bits per heavy atom. The summed E-state index contributed by atoms with van der Waals surface area (Å²) < 4.78 is 5.45. The number of likely N-dealkylation sites (N-methyl/N-ethyl adjacent to an activating group) is 1. The minimum absolute atomic E-state index is 0.443. The van der Waals surface area contributed by atoms with Crippen LogP contribution in [-0.4, -0.2) is 23.2 Å². The molecule has 112 valence electrons. The van der Waals surface area contributed by atoms with Gasteiger partial charge in [0, 0.05) is 18.0 Å². The molecular weight excluding hydrogens is 262 g/mol. The lowest BCUT2D eigenvalue weighted by Crippen LogP contribution is -2.34. The SMILES string of the molecule is CNC(Cc1nc(-c2cccc(C)c2)no1)C1CCCC1. The summed E-state index contributed by atoms with van der Waals surface area (Å²) in [6, 6.07) is 8.64. The molecule has 3 rings (SSSR count). The van der Waals surface area contributed by atoms with Gasteiger partial charge in [-0.3, -0.25) is 0 Å². The number of nitrogens with zero attached hydrogens (tertiary/aromatic N) is 2. The lowest BCUT2D eigenvalue weighted by molar-refractivity contribution is 0.318. The molecule has 2 aromatic rings. The molecule has 1 aromatic carbocycles. The molecule has 1 aliphatic carbocycles. The van der Waals surface area contributed by atoms with Crippen molar-refractivity contribution in [3.05, 3.63) is 35.7 Å². The first-order valence-corrected chi connectivity index (χ1v) is 7.83. The van der Waals surface area contributed by atoms with Gasteiger partial charge < -0.3 is 9.84 Å². The van der Waals surface area contributed by atoms with Crippen LogP contribution in [0.1, 0.15) is 37.1 Å². The Morgan fingerprint density at radius 3 is 2.86 bits per heavy atom. The van der Waals surface area contributed by atoms with E-state index in [1.807, 2.05) is 19.2 Å². The van der Waals surface area contributed by atoms with Crippen LogP contribution in [0.3, 0.4) is 0 Å². The van der Waals surface area contributed by atoms with Gasteiger partial charge in [0.2, 0.25) is 11.7 Å². The van der Waals surface area contributed by atoms with Crippen LogP contribution in [0.15, 0.2) is 28.8 Å². The van der Waals surface area contributed by atoms with E-state index < -0.39 is 0 Å². The van der Waals surface area contributed by atoms with Gasteiger partial charge in [0.1, 0.15) is 0 Å². The monoisotopic (exact) mass is 285 g/mol. The quantitative estimate of drug-likeness (QED) is 0.915. The molecule has 1 fully saturated rings. The lowest BCUT2D eigenvalue weighted by Gasteiger charge is -2.20. The van der Waals surface area contributed by atoms with Crippen LogP contribution in [-0.2, 0) is 6.42 Å². The van der Waals surface area contributed by atoms with Crippen molar-refractivity contribution in [3.8, 4) is 11.4 Å². The van der Waals surface area contributed by atoms with Crippen LogP contribution >= 0.6 is 0 Å². The zero-order chi connectivity index (χ0) is 14.7. The first-order chi connectivity index (χ1) is 10.3. The molecule has 1 aliphatic rings. The van der Waals surface area contributed by atoms with E-state index in [4.69, 9.17) is 4.52 Å². The molecule has 0 aliphatic heterocycles. The molecule has 1 unspecified atom stereocenters. The van der Waals surface area contributed by atoms with Gasteiger partial charge >= 0.3 is 0 Å². The second kappa shape index (κ2) is 6.39. The molecule has 4 nitrogen and oxygen atoms in total. The fourth-order valence-electron chi connectivity index (χ4n) is 3.29. The normalized spacial score (nSPS) is 17.2. The number of aromatic nitrogens is 2. The maximum atomic E-state index is 5.45. The average molecular weight is 285 g/mol. The summed E-state index contributed by atoms with van der Waals surface area (Å²) in [5, 5.41) is 7.55. The highest BCUT2D eigenvalue weighted by Crippen LogP contribution is 2.29. The highest BCUT2D eigenvalue weighted by Gasteiger charge is 2.25. The van der Waals surface area contributed by atoms with Gasteiger partial charge in [0.15, 0.2) is 0 Å². The third-order valence-corrected chi connectivity index (χ3v) is 4.48. The predicted molar refractivity (Wildman–Crippen MR) is 83.0 cm³/mol. The number of rotatable bonds is 5. The van der Waals surface area contributed by atoms with Crippen LogP contribution < -0.4 is 5.32 Å². The van der Waals surface area contributed by atoms with Crippen molar-refractivity contribution in [1.29, 1.82) is 0 Å². The van der Waals surface area contributed by atoms with E-state index in [2.05, 4.69) is 34.5 Å². The van der Waals surface area contributed by atoms with Crippen molar-refractivity contribution in [1.82, 2.24) is 15.5 Å². The molecule has 21 heavy (non-hydrogen) atoms. The molecule has 1 saturated carbocycles. The van der Waals surface area contributed by atoms with Gasteiger partial charge in [0.05, 0.1) is 0 Å². The fraction of sp³-hybridized carbons (Fsp3) is 0.529. The van der Waals surface area contributed by atoms with Crippen LogP contribution in [0, 0.1) is 12.8 Å². The number of hydrogen-bond acceptors (Lipinski definition) is 4. The Bertz CT molecular complexity index is 587. The Balaban J connectivity index is 1.72. The van der Waals surface area contributed by atoms with Gasteiger partial charge in [-0.05, 0) is 38.8 Å². The third-order valence-electron chi connectivity index (χ3n) is 4.48. The van der Waals surface area contributed by atoms with Gasteiger partial charge in [-0.15, -0.1) is 0 Å². The second-order valence-corrected chi connectivity index (χ2v) is 6.03. The standard InChI is InChI=1S/C17H23N3O/c1-12-6-5-9-14(10-12)17-19-16(21-20-17)11-15(18-2)13-7-3-4-8-13/h5-6,9-10,13,15,18H,3-4,7-8,11H2,1-2H3. The molecule has 0 radical (unpaired) electrons. The second-order valence-electron chi connectivity index (χ2n) is 6.03. The van der Waals surface area contributed by atoms with Crippen LogP contribution in [0.2, 0.25) is 0 Å². The lowest BCUT2D eigenvalue weighted by atomic mass is 9.95. The van der Waals surface area contributed by atoms with Gasteiger partial charge in [0.25, 0.3) is 0 Å². The Kier molecular flexibility index (Phi) is 4.34. The van der Waals surface area contributed by atoms with E-state index in [0.717, 1.165) is 23.8 Å². The zero-order valence-electron chi connectivity index (χ0n) is 12.8. The first-order valence-electron chi connectivity index (χ1n) is 7.83. The zero-order valence-corrected chi connectivity index (χ0v) is 12.8. The Morgan fingerprint density at radius 2 is 2.14 bits per heavy atom. The van der Waals surface area contributed by atoms with Gasteiger partial charge in [-0.1, -0.05) is 41.8 Å². The Labute approximate surface area is 126 Å². The summed E-state index contributed by atoms with van der Waals surface area (Å²) in [6.45, 7) is 2.07. The molecule has 1 heterocycles. The minimum Gasteiger partial charge on any atom is -0.339 e. The summed E-state index contributed by atoms with van der Waals surface area (Å²) >= 11 is 0. The summed E-state index contributed by atoms with van der Waals surface area (Å²) in [7, 11) is 2.03. The number of benzene rings is 1. The number of hydrogen-bond donors (Lipinski definition) is 1. The van der Waals surface area contributed by atoms with E-state index in [0.29, 0.717) is 11.9 Å². The maximum Gasteiger partial charge on any atom is 0.228 e. The fourth-order valence-corrected chi connectivity index (χ4v) is 3.29. The molecule has 0 saturated heterocycles. The van der Waals surface area contributed by atoms with E-state index in [1.54, 1.807) is 0 Å². The average Bonchev–Trinajstić information content (AvgIpc) is 3.16. The molecule has 4 heteroatoms. The molecular formula is C17H23N3O. The summed E-state index contributed by atoms with van der Waals surface area (Å²) in [6.07, 6.45) is 6.14. The minimum atomic E-state index is 0.443. The highest BCUT2D eigenvalue weighted by atomic mass is 16.5. The first kappa shape index (κ1) is 14.3. The van der Waals surface area contributed by atoms with Gasteiger partial charge in [-0.2, -0.15) is 4.98 Å². The van der Waals surface area contributed by atoms with Crippen molar-refractivity contribution < 1.29 is 4.52 Å². The molecule has 1 atom stereocenters. The van der Waals surface area contributed by atoms with Crippen molar-refractivity contribution in [2.24, 2.45) is 5.92 Å². The molecule has 0 spiro atoms. The maximum absolute atomic E-state index is 5.45. The molecule has 1 N–H and O–H groups in total. The largest absolute Gasteiger partial charge is 0.339 e. The van der Waals surface area contributed by atoms with Crippen molar-refractivity contribution >= 4 is 0 Å². The van der Waals surface area contributed by atoms with E-state index in [9.17, 15) is 0 Å². The van der Waals surface area contributed by atoms with Crippen molar-refractivity contribution in [2.45, 2.75) is 45.1 Å². The van der Waals surface area contributed by atoms with Crippen LogP contribution in [0.25, 0.3) is 11.4 Å².